The second kappa shape index (κ2) is 9.64. The highest BCUT2D eigenvalue weighted by Gasteiger charge is 2.41. The molecule has 1 amide bonds. The molecule has 0 radical (unpaired) electrons. The lowest BCUT2D eigenvalue weighted by atomic mass is 10.00. The molecule has 1 fully saturated rings. The van der Waals surface area contributed by atoms with Crippen LogP contribution in [0.3, 0.4) is 0 Å². The molecular weight excluding hydrogens is 464 g/mol. The second-order valence-corrected chi connectivity index (χ2v) is 8.89. The van der Waals surface area contributed by atoms with Crippen molar-refractivity contribution in [1.82, 2.24) is 9.47 Å². The van der Waals surface area contributed by atoms with Gasteiger partial charge in [-0.2, -0.15) is 0 Å². The average molecular weight is 488 g/mol. The van der Waals surface area contributed by atoms with Crippen LogP contribution >= 0.6 is 11.6 Å². The molecule has 2 heterocycles. The monoisotopic (exact) mass is 487 g/mol. The molecule has 178 valence electrons. The van der Waals surface area contributed by atoms with Crippen LogP contribution < -0.4 is 5.73 Å². The number of amides is 1. The van der Waals surface area contributed by atoms with Gasteiger partial charge in [0, 0.05) is 36.9 Å². The van der Waals surface area contributed by atoms with Crippen LogP contribution in [0.4, 0.5) is 8.78 Å². The van der Waals surface area contributed by atoms with Crippen molar-refractivity contribution in [3.8, 4) is 0 Å². The largest absolute Gasteiger partial charge is 0.328 e. The van der Waals surface area contributed by atoms with Crippen LogP contribution in [0.2, 0.25) is 5.02 Å². The zero-order valence-electron chi connectivity index (χ0n) is 18.5. The fourth-order valence-corrected chi connectivity index (χ4v) is 4.72. The lowest BCUT2D eigenvalue weighted by Gasteiger charge is -2.26. The van der Waals surface area contributed by atoms with E-state index in [2.05, 4.69) is 0 Å². The summed E-state index contributed by atoms with van der Waals surface area (Å²) in [4.78, 5) is 39.5. The molecule has 1 saturated heterocycles. The summed E-state index contributed by atoms with van der Waals surface area (Å²) in [7, 11) is 0. The van der Waals surface area contributed by atoms with E-state index in [1.165, 1.54) is 34.7 Å². The van der Waals surface area contributed by atoms with E-state index in [1.807, 2.05) is 0 Å². The summed E-state index contributed by atoms with van der Waals surface area (Å²) < 4.78 is 29.9. The van der Waals surface area contributed by atoms with E-state index in [-0.39, 0.29) is 48.1 Å². The highest BCUT2D eigenvalue weighted by molar-refractivity contribution is 6.30. The molecule has 1 aromatic heterocycles. The van der Waals surface area contributed by atoms with Gasteiger partial charge in [0.1, 0.15) is 18.0 Å². The number of hydrogen-bond donors (Lipinski definition) is 1. The summed E-state index contributed by atoms with van der Waals surface area (Å²) in [5, 5.41) is 0.594. The first-order valence-corrected chi connectivity index (χ1v) is 11.3. The summed E-state index contributed by atoms with van der Waals surface area (Å²) in [5.41, 5.74) is 7.60. The van der Waals surface area contributed by atoms with Crippen molar-refractivity contribution in [2.45, 2.75) is 44.4 Å². The van der Waals surface area contributed by atoms with Crippen molar-refractivity contribution in [2.75, 3.05) is 6.54 Å². The first-order chi connectivity index (χ1) is 16.2. The molecule has 0 spiro atoms. The van der Waals surface area contributed by atoms with Crippen molar-refractivity contribution < 1.29 is 23.2 Å². The average Bonchev–Trinajstić information content (AvgIpc) is 3.40. The Morgan fingerprint density at radius 2 is 1.91 bits per heavy atom. The summed E-state index contributed by atoms with van der Waals surface area (Å²) in [6.07, 6.45) is 0.0180. The molecule has 4 rings (SSSR count). The smallest absolute Gasteiger partial charge is 0.244 e. The molecule has 1 unspecified atom stereocenters. The second-order valence-electron chi connectivity index (χ2n) is 8.49. The molecule has 3 atom stereocenters. The number of carbonyl (C=O) groups excluding carboxylic acids is 3. The number of carbonyl (C=O) groups is 3. The molecule has 6 nitrogen and oxygen atoms in total. The van der Waals surface area contributed by atoms with Crippen molar-refractivity contribution in [2.24, 2.45) is 5.73 Å². The van der Waals surface area contributed by atoms with E-state index in [9.17, 15) is 23.2 Å². The van der Waals surface area contributed by atoms with Gasteiger partial charge in [-0.05, 0) is 24.1 Å². The van der Waals surface area contributed by atoms with E-state index in [4.69, 9.17) is 17.3 Å². The highest BCUT2D eigenvalue weighted by Crippen LogP contribution is 2.30. The lowest BCUT2D eigenvalue weighted by molar-refractivity contribution is -0.138. The Labute approximate surface area is 200 Å². The van der Waals surface area contributed by atoms with Crippen molar-refractivity contribution in [1.29, 1.82) is 0 Å². The summed E-state index contributed by atoms with van der Waals surface area (Å²) in [5.74, 6) is -1.80. The Bertz CT molecular complexity index is 1280. The molecule has 1 aliphatic heterocycles. The van der Waals surface area contributed by atoms with Gasteiger partial charge in [0.15, 0.2) is 5.78 Å². The fraction of sp³-hybridized carbons (Fsp3) is 0.320. The van der Waals surface area contributed by atoms with Gasteiger partial charge < -0.3 is 10.6 Å². The molecule has 0 aliphatic carbocycles. The molecule has 0 saturated carbocycles. The number of nitrogens with two attached hydrogens (primary N) is 1. The maximum atomic E-state index is 14.3. The maximum Gasteiger partial charge on any atom is 0.244 e. The minimum atomic E-state index is -1.37. The molecule has 3 aromatic rings. The summed E-state index contributed by atoms with van der Waals surface area (Å²) in [6, 6.07) is 9.39. The van der Waals surface area contributed by atoms with Gasteiger partial charge in [-0.25, -0.2) is 8.78 Å². The number of alkyl halides is 1. The van der Waals surface area contributed by atoms with Gasteiger partial charge in [-0.1, -0.05) is 41.9 Å². The Kier molecular flexibility index (Phi) is 6.81. The van der Waals surface area contributed by atoms with E-state index < -0.39 is 30.0 Å². The van der Waals surface area contributed by atoms with Gasteiger partial charge in [0.2, 0.25) is 11.8 Å². The highest BCUT2D eigenvalue weighted by atomic mass is 35.5. The predicted octanol–water partition coefficient (Wildman–Crippen LogP) is 4.23. The third kappa shape index (κ3) is 4.48. The van der Waals surface area contributed by atoms with Crippen LogP contribution in [0.15, 0.2) is 48.7 Å². The number of benzene rings is 2. The summed E-state index contributed by atoms with van der Waals surface area (Å²) >= 11 is 5.80. The maximum absolute atomic E-state index is 14.3. The van der Waals surface area contributed by atoms with Gasteiger partial charge in [-0.3, -0.25) is 19.0 Å². The Balaban J connectivity index is 1.55. The predicted molar refractivity (Wildman–Crippen MR) is 125 cm³/mol. The molecule has 2 aromatic carbocycles. The van der Waals surface area contributed by atoms with Gasteiger partial charge in [-0.15, -0.1) is 0 Å². The SMILES string of the molecule is CC(=O)n1cc(C(N)C(=O)N2C[C@H](F)C[C@H]2C(=O)CCc2cccc(Cl)c2F)c2ccccc21. The molecule has 0 bridgehead atoms. The minimum absolute atomic E-state index is 0.0397. The molecule has 2 N–H and O–H groups in total. The van der Waals surface area contributed by atoms with Gasteiger partial charge in [0.25, 0.3) is 0 Å². The number of halogens is 3. The summed E-state index contributed by atoms with van der Waals surface area (Å²) in [6.45, 7) is 1.15. The molecular formula is C25H24ClF2N3O3. The van der Waals surface area contributed by atoms with Crippen LogP contribution in [0.1, 0.15) is 41.7 Å². The van der Waals surface area contributed by atoms with E-state index in [0.29, 0.717) is 16.5 Å². The molecule has 9 heteroatoms. The van der Waals surface area contributed by atoms with E-state index in [0.717, 1.165) is 0 Å². The van der Waals surface area contributed by atoms with Crippen molar-refractivity contribution >= 4 is 40.1 Å². The lowest BCUT2D eigenvalue weighted by Crippen LogP contribution is -2.45. The first kappa shape index (κ1) is 24.0. The van der Waals surface area contributed by atoms with E-state index >= 15 is 0 Å². The number of aryl methyl sites for hydroxylation is 1. The van der Waals surface area contributed by atoms with Crippen LogP contribution in [-0.4, -0.2) is 45.8 Å². The number of ketones is 1. The zero-order chi connectivity index (χ0) is 24.6. The van der Waals surface area contributed by atoms with Crippen molar-refractivity contribution in [3.05, 3.63) is 70.6 Å². The van der Waals surface area contributed by atoms with Crippen LogP contribution in [-0.2, 0) is 16.0 Å². The number of aromatic nitrogens is 1. The normalized spacial score (nSPS) is 18.9. The van der Waals surface area contributed by atoms with Gasteiger partial charge in [0.05, 0.1) is 23.1 Å². The number of para-hydroxylation sites is 1. The number of Topliss-reactive ketones (excluding diaryl/α,β-unsaturated/α-hetero) is 1. The topological polar surface area (TPSA) is 85.4 Å². The molecule has 34 heavy (non-hydrogen) atoms. The minimum Gasteiger partial charge on any atom is -0.328 e. The Hall–Kier alpha value is -3.10. The number of likely N-dealkylation sites (tertiary alicyclic amines) is 1. The standard InChI is InChI=1S/C25H24ClF2N3O3/c1-14(32)30-13-18(17-6-2-3-8-20(17)30)24(29)25(34)31-12-16(27)11-21(31)22(33)10-9-15-5-4-7-19(26)23(15)28/h2-8,13,16,21,24H,9-12,29H2,1H3/t16-,21+,24?/m1/s1. The van der Waals surface area contributed by atoms with Crippen molar-refractivity contribution in [3.63, 3.8) is 0 Å². The number of hydrogen-bond acceptors (Lipinski definition) is 4. The van der Waals surface area contributed by atoms with E-state index in [1.54, 1.807) is 30.3 Å². The number of fused-ring (bicyclic) bond motifs is 1. The quantitative estimate of drug-likeness (QED) is 0.563. The third-order valence-electron chi connectivity index (χ3n) is 6.26. The fourth-order valence-electron chi connectivity index (χ4n) is 4.53. The van der Waals surface area contributed by atoms with Crippen LogP contribution in [0.25, 0.3) is 10.9 Å². The zero-order valence-corrected chi connectivity index (χ0v) is 19.3. The number of rotatable bonds is 6. The third-order valence-corrected chi connectivity index (χ3v) is 6.55. The number of nitrogens with zero attached hydrogens (tertiary/aromatic N) is 2. The van der Waals surface area contributed by atoms with Crippen LogP contribution in [0.5, 0.6) is 0 Å². The Morgan fingerprint density at radius 1 is 1.18 bits per heavy atom. The molecule has 1 aliphatic rings. The Morgan fingerprint density at radius 3 is 2.65 bits per heavy atom. The van der Waals surface area contributed by atoms with Gasteiger partial charge >= 0.3 is 0 Å². The van der Waals surface area contributed by atoms with Crippen LogP contribution in [0, 0.1) is 5.82 Å². The first-order valence-electron chi connectivity index (χ1n) is 11.0.